The Morgan fingerprint density at radius 1 is 1.00 bits per heavy atom. The van der Waals surface area contributed by atoms with E-state index >= 15 is 0 Å². The molecule has 23 heavy (non-hydrogen) atoms. The molecule has 0 radical (unpaired) electrons. The van der Waals surface area contributed by atoms with E-state index < -0.39 is 0 Å². The molecule has 1 unspecified atom stereocenters. The van der Waals surface area contributed by atoms with E-state index in [9.17, 15) is 4.39 Å². The van der Waals surface area contributed by atoms with E-state index in [4.69, 9.17) is 19.9 Å². The number of nitrogens with two attached hydrogens (primary N) is 1. The largest absolute Gasteiger partial charge is 0.497 e. The molecule has 0 amide bonds. The summed E-state index contributed by atoms with van der Waals surface area (Å²) in [6.45, 7) is 0.875. The summed E-state index contributed by atoms with van der Waals surface area (Å²) in [6, 6.07) is 11.8. The highest BCUT2D eigenvalue weighted by atomic mass is 19.1. The first-order valence-corrected chi connectivity index (χ1v) is 7.48. The molecule has 1 atom stereocenters. The number of ether oxygens (including phenoxy) is 3. The summed E-state index contributed by atoms with van der Waals surface area (Å²) in [6.07, 6.45) is 0.669. The van der Waals surface area contributed by atoms with Crippen LogP contribution in [0.3, 0.4) is 0 Å². The minimum absolute atomic E-state index is 0.0288. The van der Waals surface area contributed by atoms with Crippen molar-refractivity contribution in [2.45, 2.75) is 12.3 Å². The Kier molecular flexibility index (Phi) is 6.23. The van der Waals surface area contributed by atoms with Gasteiger partial charge in [0.1, 0.15) is 23.1 Å². The Labute approximate surface area is 136 Å². The van der Waals surface area contributed by atoms with Crippen molar-refractivity contribution in [1.82, 2.24) is 0 Å². The number of hydrogen-bond donors (Lipinski definition) is 1. The van der Waals surface area contributed by atoms with Crippen LogP contribution in [0.15, 0.2) is 42.5 Å². The molecule has 2 aromatic rings. The van der Waals surface area contributed by atoms with Gasteiger partial charge < -0.3 is 19.9 Å². The fraction of sp³-hybridized carbons (Fsp3) is 0.333. The molecule has 0 spiro atoms. The monoisotopic (exact) mass is 319 g/mol. The van der Waals surface area contributed by atoms with Gasteiger partial charge in [0.15, 0.2) is 0 Å². The Balaban J connectivity index is 1.98. The first-order valence-electron chi connectivity index (χ1n) is 7.48. The number of halogens is 1. The summed E-state index contributed by atoms with van der Waals surface area (Å²) in [5.74, 6) is 1.86. The predicted octanol–water partition coefficient (Wildman–Crippen LogP) is 3.35. The molecule has 0 aromatic heterocycles. The lowest BCUT2D eigenvalue weighted by molar-refractivity contribution is 0.295. The van der Waals surface area contributed by atoms with Gasteiger partial charge in [0.2, 0.25) is 0 Å². The SMILES string of the molecule is COc1ccc(OCCC(CN)c2cc(F)ccc2OC)cc1. The van der Waals surface area contributed by atoms with Gasteiger partial charge in [-0.1, -0.05) is 0 Å². The van der Waals surface area contributed by atoms with Crippen LogP contribution in [0.4, 0.5) is 4.39 Å². The van der Waals surface area contributed by atoms with Crippen LogP contribution in [0.25, 0.3) is 0 Å². The maximum absolute atomic E-state index is 13.5. The van der Waals surface area contributed by atoms with Crippen LogP contribution in [0.1, 0.15) is 17.9 Å². The van der Waals surface area contributed by atoms with Gasteiger partial charge in [0.05, 0.1) is 20.8 Å². The lowest BCUT2D eigenvalue weighted by Crippen LogP contribution is -2.16. The quantitative estimate of drug-likeness (QED) is 0.810. The highest BCUT2D eigenvalue weighted by molar-refractivity contribution is 5.37. The standard InChI is InChI=1S/C18H22FNO3/c1-21-15-4-6-16(7-5-15)23-10-9-13(12-20)17-11-14(19)3-8-18(17)22-2/h3-8,11,13H,9-10,12,20H2,1-2H3. The van der Waals surface area contributed by atoms with Crippen molar-refractivity contribution in [3.05, 3.63) is 53.8 Å². The minimum Gasteiger partial charge on any atom is -0.497 e. The summed E-state index contributed by atoms with van der Waals surface area (Å²) < 4.78 is 29.6. The number of hydrogen-bond acceptors (Lipinski definition) is 4. The highest BCUT2D eigenvalue weighted by Crippen LogP contribution is 2.29. The molecule has 124 valence electrons. The fourth-order valence-corrected chi connectivity index (χ4v) is 2.42. The number of benzene rings is 2. The Bertz CT molecular complexity index is 616. The molecule has 0 aliphatic heterocycles. The van der Waals surface area contributed by atoms with Gasteiger partial charge in [-0.15, -0.1) is 0 Å². The lowest BCUT2D eigenvalue weighted by atomic mass is 9.95. The number of rotatable bonds is 8. The van der Waals surface area contributed by atoms with Gasteiger partial charge in [0.25, 0.3) is 0 Å². The molecule has 0 saturated carbocycles. The van der Waals surface area contributed by atoms with E-state index in [-0.39, 0.29) is 11.7 Å². The summed E-state index contributed by atoms with van der Waals surface area (Å²) in [5.41, 5.74) is 6.62. The van der Waals surface area contributed by atoms with Crippen LogP contribution >= 0.6 is 0 Å². The second-order valence-corrected chi connectivity index (χ2v) is 5.13. The van der Waals surface area contributed by atoms with E-state index in [0.29, 0.717) is 25.3 Å². The maximum atomic E-state index is 13.5. The first-order chi connectivity index (χ1) is 11.2. The first kappa shape index (κ1) is 17.1. The predicted molar refractivity (Wildman–Crippen MR) is 87.9 cm³/mol. The number of methoxy groups -OCH3 is 2. The zero-order valence-corrected chi connectivity index (χ0v) is 13.4. The molecular weight excluding hydrogens is 297 g/mol. The van der Waals surface area contributed by atoms with E-state index in [0.717, 1.165) is 17.1 Å². The van der Waals surface area contributed by atoms with Crippen molar-refractivity contribution >= 4 is 0 Å². The van der Waals surface area contributed by atoms with Gasteiger partial charge >= 0.3 is 0 Å². The second-order valence-electron chi connectivity index (χ2n) is 5.13. The van der Waals surface area contributed by atoms with Crippen LogP contribution in [-0.2, 0) is 0 Å². The third kappa shape index (κ3) is 4.60. The van der Waals surface area contributed by atoms with Crippen molar-refractivity contribution in [2.75, 3.05) is 27.4 Å². The van der Waals surface area contributed by atoms with Gasteiger partial charge in [-0.2, -0.15) is 0 Å². The highest BCUT2D eigenvalue weighted by Gasteiger charge is 2.16. The van der Waals surface area contributed by atoms with Crippen LogP contribution in [-0.4, -0.2) is 27.4 Å². The Hall–Kier alpha value is -2.27. The molecule has 2 aromatic carbocycles. The minimum atomic E-state index is -0.296. The zero-order valence-electron chi connectivity index (χ0n) is 13.4. The van der Waals surface area contributed by atoms with Gasteiger partial charge in [-0.05, 0) is 55.4 Å². The molecule has 2 N–H and O–H groups in total. The average molecular weight is 319 g/mol. The fourth-order valence-electron chi connectivity index (χ4n) is 2.42. The lowest BCUT2D eigenvalue weighted by Gasteiger charge is -2.18. The van der Waals surface area contributed by atoms with E-state index in [1.165, 1.54) is 12.1 Å². The van der Waals surface area contributed by atoms with Gasteiger partial charge in [-0.25, -0.2) is 4.39 Å². The molecule has 5 heteroatoms. The van der Waals surface area contributed by atoms with Crippen LogP contribution in [0, 0.1) is 5.82 Å². The molecule has 4 nitrogen and oxygen atoms in total. The zero-order chi connectivity index (χ0) is 16.7. The van der Waals surface area contributed by atoms with E-state index in [2.05, 4.69) is 0 Å². The maximum Gasteiger partial charge on any atom is 0.123 e. The van der Waals surface area contributed by atoms with Crippen LogP contribution < -0.4 is 19.9 Å². The van der Waals surface area contributed by atoms with Crippen molar-refractivity contribution < 1.29 is 18.6 Å². The van der Waals surface area contributed by atoms with Gasteiger partial charge in [0, 0.05) is 11.5 Å². The summed E-state index contributed by atoms with van der Waals surface area (Å²) in [4.78, 5) is 0. The molecule has 0 bridgehead atoms. The smallest absolute Gasteiger partial charge is 0.123 e. The third-order valence-electron chi connectivity index (χ3n) is 3.71. The molecule has 0 aliphatic rings. The molecule has 2 rings (SSSR count). The topological polar surface area (TPSA) is 53.7 Å². The van der Waals surface area contributed by atoms with Crippen molar-refractivity contribution in [3.8, 4) is 17.2 Å². The van der Waals surface area contributed by atoms with Gasteiger partial charge in [-0.3, -0.25) is 0 Å². The van der Waals surface area contributed by atoms with Crippen molar-refractivity contribution in [1.29, 1.82) is 0 Å². The Morgan fingerprint density at radius 3 is 2.30 bits per heavy atom. The average Bonchev–Trinajstić information content (AvgIpc) is 2.59. The summed E-state index contributed by atoms with van der Waals surface area (Å²) in [7, 11) is 3.19. The normalized spacial score (nSPS) is 11.8. The van der Waals surface area contributed by atoms with E-state index in [1.54, 1.807) is 20.3 Å². The van der Waals surface area contributed by atoms with Crippen LogP contribution in [0.2, 0.25) is 0 Å². The Morgan fingerprint density at radius 2 is 1.70 bits per heavy atom. The molecule has 0 heterocycles. The van der Waals surface area contributed by atoms with Crippen molar-refractivity contribution in [3.63, 3.8) is 0 Å². The molecular formula is C18H22FNO3. The molecule has 0 fully saturated rings. The summed E-state index contributed by atoms with van der Waals surface area (Å²) >= 11 is 0. The second kappa shape index (κ2) is 8.39. The molecule has 0 aliphatic carbocycles. The summed E-state index contributed by atoms with van der Waals surface area (Å²) in [5, 5.41) is 0. The van der Waals surface area contributed by atoms with Crippen molar-refractivity contribution in [2.24, 2.45) is 5.73 Å². The van der Waals surface area contributed by atoms with E-state index in [1.807, 2.05) is 24.3 Å². The van der Waals surface area contributed by atoms with Crippen LogP contribution in [0.5, 0.6) is 17.2 Å². The third-order valence-corrected chi connectivity index (χ3v) is 3.71. The molecule has 0 saturated heterocycles.